The van der Waals surface area contributed by atoms with Crippen molar-refractivity contribution in [1.82, 2.24) is 0 Å². The van der Waals surface area contributed by atoms with Gasteiger partial charge in [0, 0.05) is 34.6 Å². The SMILES string of the molecule is CC(=O)SC1CC(=O)N(c2ccc(Cl)cc2Br)C1. The van der Waals surface area contributed by atoms with Crippen LogP contribution in [0.1, 0.15) is 13.3 Å². The van der Waals surface area contributed by atoms with Crippen LogP contribution in [0.2, 0.25) is 5.02 Å². The molecule has 1 aromatic carbocycles. The second kappa shape index (κ2) is 5.63. The second-order valence-electron chi connectivity index (χ2n) is 4.04. The smallest absolute Gasteiger partial charge is 0.228 e. The molecule has 0 saturated carbocycles. The van der Waals surface area contributed by atoms with Crippen LogP contribution in [0.25, 0.3) is 0 Å². The number of halogens is 2. The third-order valence-corrected chi connectivity index (χ3v) is 4.47. The highest BCUT2D eigenvalue weighted by Gasteiger charge is 2.32. The lowest BCUT2D eigenvalue weighted by Crippen LogP contribution is -2.25. The van der Waals surface area contributed by atoms with Gasteiger partial charge in [0.1, 0.15) is 0 Å². The summed E-state index contributed by atoms with van der Waals surface area (Å²) in [4.78, 5) is 24.7. The zero-order valence-corrected chi connectivity index (χ0v) is 12.8. The summed E-state index contributed by atoms with van der Waals surface area (Å²) in [5, 5.41) is 0.703. The molecule has 0 aliphatic carbocycles. The van der Waals surface area contributed by atoms with Crippen LogP contribution >= 0.6 is 39.3 Å². The van der Waals surface area contributed by atoms with Gasteiger partial charge in [0.05, 0.1) is 5.69 Å². The predicted molar refractivity (Wildman–Crippen MR) is 78.2 cm³/mol. The quantitative estimate of drug-likeness (QED) is 0.821. The Morgan fingerprint density at radius 1 is 1.56 bits per heavy atom. The largest absolute Gasteiger partial charge is 0.310 e. The molecule has 0 aromatic heterocycles. The summed E-state index contributed by atoms with van der Waals surface area (Å²) in [5.41, 5.74) is 0.802. The molecule has 1 heterocycles. The minimum absolute atomic E-state index is 0.0387. The lowest BCUT2D eigenvalue weighted by atomic mass is 10.3. The van der Waals surface area contributed by atoms with Crippen molar-refractivity contribution < 1.29 is 9.59 Å². The zero-order chi connectivity index (χ0) is 13.3. The molecule has 0 radical (unpaired) electrons. The first-order chi connectivity index (χ1) is 8.47. The maximum absolute atomic E-state index is 12.0. The van der Waals surface area contributed by atoms with Crippen LogP contribution in [-0.4, -0.2) is 22.8 Å². The van der Waals surface area contributed by atoms with E-state index in [1.165, 1.54) is 18.7 Å². The highest BCUT2D eigenvalue weighted by Crippen LogP contribution is 2.34. The minimum Gasteiger partial charge on any atom is -0.310 e. The van der Waals surface area contributed by atoms with Gasteiger partial charge in [0.25, 0.3) is 0 Å². The molecule has 1 amide bonds. The molecule has 6 heteroatoms. The normalized spacial score (nSPS) is 19.4. The van der Waals surface area contributed by atoms with E-state index in [1.807, 2.05) is 6.07 Å². The molecule has 1 unspecified atom stereocenters. The van der Waals surface area contributed by atoms with E-state index in [0.29, 0.717) is 18.0 Å². The van der Waals surface area contributed by atoms with E-state index in [2.05, 4.69) is 15.9 Å². The van der Waals surface area contributed by atoms with E-state index in [9.17, 15) is 9.59 Å². The molecular formula is C12H11BrClNO2S. The Hall–Kier alpha value is -0.520. The molecule has 18 heavy (non-hydrogen) atoms. The van der Waals surface area contributed by atoms with E-state index >= 15 is 0 Å². The second-order valence-corrected chi connectivity index (χ2v) is 6.80. The standard InChI is InChI=1S/C12H11BrClNO2S/c1-7(16)18-9-5-12(17)15(6-9)11-3-2-8(14)4-10(11)13/h2-4,9H,5-6H2,1H3. The monoisotopic (exact) mass is 347 g/mol. The van der Waals surface area contributed by atoms with E-state index in [1.54, 1.807) is 17.0 Å². The molecule has 3 nitrogen and oxygen atoms in total. The highest BCUT2D eigenvalue weighted by atomic mass is 79.9. The maximum atomic E-state index is 12.0. The summed E-state index contributed by atoms with van der Waals surface area (Å²) in [6, 6.07) is 5.32. The average Bonchev–Trinajstić information content (AvgIpc) is 2.58. The Bertz CT molecular complexity index is 509. The van der Waals surface area contributed by atoms with E-state index in [-0.39, 0.29) is 16.3 Å². The van der Waals surface area contributed by atoms with Crippen molar-refractivity contribution in [2.75, 3.05) is 11.4 Å². The van der Waals surface area contributed by atoms with Crippen molar-refractivity contribution >= 4 is 56.0 Å². The number of carbonyl (C=O) groups excluding carboxylic acids is 2. The number of carbonyl (C=O) groups is 2. The fraction of sp³-hybridized carbons (Fsp3) is 0.333. The first-order valence-corrected chi connectivity index (χ1v) is 7.45. The van der Waals surface area contributed by atoms with Crippen LogP contribution in [0.3, 0.4) is 0 Å². The maximum Gasteiger partial charge on any atom is 0.228 e. The third-order valence-electron chi connectivity index (χ3n) is 2.62. The summed E-state index contributed by atoms with van der Waals surface area (Å²) in [7, 11) is 0. The minimum atomic E-state index is 0.0387. The van der Waals surface area contributed by atoms with Crippen LogP contribution < -0.4 is 4.90 Å². The number of hydrogen-bond acceptors (Lipinski definition) is 3. The van der Waals surface area contributed by atoms with Gasteiger partial charge < -0.3 is 4.90 Å². The van der Waals surface area contributed by atoms with Gasteiger partial charge in [-0.3, -0.25) is 9.59 Å². The molecule has 1 aromatic rings. The van der Waals surface area contributed by atoms with Crippen molar-refractivity contribution in [3.8, 4) is 0 Å². The summed E-state index contributed by atoms with van der Waals surface area (Å²) in [6.07, 6.45) is 0.402. The highest BCUT2D eigenvalue weighted by molar-refractivity contribution is 9.10. The van der Waals surface area contributed by atoms with Crippen molar-refractivity contribution in [3.63, 3.8) is 0 Å². The van der Waals surface area contributed by atoms with Gasteiger partial charge >= 0.3 is 0 Å². The molecule has 96 valence electrons. The van der Waals surface area contributed by atoms with E-state index < -0.39 is 0 Å². The summed E-state index contributed by atoms with van der Waals surface area (Å²) >= 11 is 10.5. The number of thioether (sulfide) groups is 1. The van der Waals surface area contributed by atoms with Crippen molar-refractivity contribution in [2.45, 2.75) is 18.6 Å². The lowest BCUT2D eigenvalue weighted by molar-refractivity contribution is -0.117. The van der Waals surface area contributed by atoms with Gasteiger partial charge in [0.15, 0.2) is 5.12 Å². The summed E-state index contributed by atoms with van der Waals surface area (Å²) in [5.74, 6) is 0.0387. The van der Waals surface area contributed by atoms with Crippen LogP contribution in [-0.2, 0) is 9.59 Å². The van der Waals surface area contributed by atoms with Gasteiger partial charge in [-0.2, -0.15) is 0 Å². The topological polar surface area (TPSA) is 37.4 Å². The molecule has 1 saturated heterocycles. The fourth-order valence-electron chi connectivity index (χ4n) is 1.92. The first-order valence-electron chi connectivity index (χ1n) is 5.40. The van der Waals surface area contributed by atoms with Crippen molar-refractivity contribution in [2.24, 2.45) is 0 Å². The summed E-state index contributed by atoms with van der Waals surface area (Å²) < 4.78 is 0.789. The van der Waals surface area contributed by atoms with Gasteiger partial charge in [-0.1, -0.05) is 23.4 Å². The van der Waals surface area contributed by atoms with Crippen LogP contribution in [0, 0.1) is 0 Å². The predicted octanol–water partition coefficient (Wildman–Crippen LogP) is 3.49. The average molecular weight is 349 g/mol. The van der Waals surface area contributed by atoms with E-state index in [0.717, 1.165) is 10.2 Å². The molecule has 0 N–H and O–H groups in total. The number of hydrogen-bond donors (Lipinski definition) is 0. The zero-order valence-electron chi connectivity index (χ0n) is 9.65. The number of nitrogens with zero attached hydrogens (tertiary/aromatic N) is 1. The van der Waals surface area contributed by atoms with Gasteiger partial charge in [0.2, 0.25) is 5.91 Å². The molecule has 0 spiro atoms. The Morgan fingerprint density at radius 2 is 2.28 bits per heavy atom. The molecule has 2 rings (SSSR count). The van der Waals surface area contributed by atoms with Crippen molar-refractivity contribution in [3.05, 3.63) is 27.7 Å². The molecule has 1 aliphatic heterocycles. The Morgan fingerprint density at radius 3 is 2.89 bits per heavy atom. The third kappa shape index (κ3) is 3.08. The van der Waals surface area contributed by atoms with Crippen molar-refractivity contribution in [1.29, 1.82) is 0 Å². The number of rotatable bonds is 2. The summed E-state index contributed by atoms with van der Waals surface area (Å²) in [6.45, 7) is 2.08. The molecule has 0 bridgehead atoms. The molecule has 1 aliphatic rings. The number of anilines is 1. The molecule has 1 fully saturated rings. The molecule has 1 atom stereocenters. The Kier molecular flexibility index (Phi) is 4.35. The Labute approximate surface area is 123 Å². The lowest BCUT2D eigenvalue weighted by Gasteiger charge is -2.18. The number of benzene rings is 1. The molecular weight excluding hydrogens is 338 g/mol. The van der Waals surface area contributed by atoms with Gasteiger partial charge in [-0.15, -0.1) is 0 Å². The first kappa shape index (κ1) is 13.9. The Balaban J connectivity index is 2.19. The van der Waals surface area contributed by atoms with Crippen LogP contribution in [0.4, 0.5) is 5.69 Å². The fourth-order valence-corrected chi connectivity index (χ4v) is 3.74. The van der Waals surface area contributed by atoms with Gasteiger partial charge in [-0.25, -0.2) is 0 Å². The van der Waals surface area contributed by atoms with E-state index in [4.69, 9.17) is 11.6 Å². The van der Waals surface area contributed by atoms with Crippen LogP contribution in [0.15, 0.2) is 22.7 Å². The number of amides is 1. The van der Waals surface area contributed by atoms with Crippen LogP contribution in [0.5, 0.6) is 0 Å². The van der Waals surface area contributed by atoms with Gasteiger partial charge in [-0.05, 0) is 34.1 Å².